The number of rotatable bonds is 7. The second kappa shape index (κ2) is 7.70. The van der Waals surface area contributed by atoms with Crippen molar-refractivity contribution in [3.05, 3.63) is 47.5 Å². The van der Waals surface area contributed by atoms with Gasteiger partial charge >= 0.3 is 0 Å². The number of nitrogens with zero attached hydrogens (tertiary/aromatic N) is 2. The topological polar surface area (TPSA) is 50.1 Å². The van der Waals surface area contributed by atoms with E-state index in [4.69, 9.17) is 0 Å². The molecule has 0 fully saturated rings. The highest BCUT2D eigenvalue weighted by Gasteiger charge is 2.18. The lowest BCUT2D eigenvalue weighted by atomic mass is 10.0. The summed E-state index contributed by atoms with van der Waals surface area (Å²) in [5.41, 5.74) is 2.93. The molecule has 1 aromatic heterocycles. The van der Waals surface area contributed by atoms with Crippen LogP contribution in [0.4, 0.5) is 4.39 Å². The Bertz CT molecular complexity index is 622. The smallest absolute Gasteiger partial charge is 0.123 e. The van der Waals surface area contributed by atoms with Gasteiger partial charge in [-0.05, 0) is 50.5 Å². The van der Waals surface area contributed by atoms with Crippen molar-refractivity contribution < 1.29 is 9.50 Å². The molecule has 23 heavy (non-hydrogen) atoms. The quantitative estimate of drug-likeness (QED) is 0.822. The monoisotopic (exact) mass is 319 g/mol. The summed E-state index contributed by atoms with van der Waals surface area (Å²) < 4.78 is 14.9. The van der Waals surface area contributed by atoms with Gasteiger partial charge in [-0.15, -0.1) is 0 Å². The van der Waals surface area contributed by atoms with Crippen LogP contribution in [0.25, 0.3) is 5.69 Å². The summed E-state index contributed by atoms with van der Waals surface area (Å²) in [6.45, 7) is 8.48. The standard InChI is InChI=1S/C18H26FN3O/c1-12(2)9-16(11-23)21-13(3)18-10-20-22(14(18)4)17-7-5-15(19)6-8-17/h5-8,10,12-13,16,21,23H,9,11H2,1-4H3. The molecule has 0 saturated heterocycles. The fourth-order valence-electron chi connectivity index (χ4n) is 2.90. The molecule has 0 bridgehead atoms. The normalized spacial score (nSPS) is 14.2. The van der Waals surface area contributed by atoms with Crippen LogP contribution in [0.2, 0.25) is 0 Å². The summed E-state index contributed by atoms with van der Waals surface area (Å²) >= 11 is 0. The van der Waals surface area contributed by atoms with E-state index in [1.165, 1.54) is 12.1 Å². The van der Waals surface area contributed by atoms with Crippen LogP contribution in [0, 0.1) is 18.7 Å². The summed E-state index contributed by atoms with van der Waals surface area (Å²) in [6.07, 6.45) is 2.76. The summed E-state index contributed by atoms with van der Waals surface area (Å²) in [5, 5.41) is 17.4. The van der Waals surface area contributed by atoms with E-state index in [1.54, 1.807) is 12.1 Å². The van der Waals surface area contributed by atoms with Crippen molar-refractivity contribution in [1.82, 2.24) is 15.1 Å². The first-order valence-electron chi connectivity index (χ1n) is 8.09. The number of hydrogen-bond acceptors (Lipinski definition) is 3. The van der Waals surface area contributed by atoms with Gasteiger partial charge in [-0.2, -0.15) is 5.10 Å². The first kappa shape index (κ1) is 17.6. The summed E-state index contributed by atoms with van der Waals surface area (Å²) in [5.74, 6) is 0.267. The van der Waals surface area contributed by atoms with Gasteiger partial charge < -0.3 is 10.4 Å². The van der Waals surface area contributed by atoms with Crippen molar-refractivity contribution in [3.8, 4) is 5.69 Å². The zero-order chi connectivity index (χ0) is 17.0. The average Bonchev–Trinajstić information content (AvgIpc) is 2.88. The molecule has 1 heterocycles. The van der Waals surface area contributed by atoms with E-state index < -0.39 is 0 Å². The molecule has 2 rings (SSSR count). The molecule has 0 aliphatic carbocycles. The molecule has 0 saturated carbocycles. The molecule has 0 aliphatic heterocycles. The van der Waals surface area contributed by atoms with Crippen molar-refractivity contribution in [1.29, 1.82) is 0 Å². The van der Waals surface area contributed by atoms with Crippen molar-refractivity contribution >= 4 is 0 Å². The molecule has 0 aliphatic rings. The number of aliphatic hydroxyl groups excluding tert-OH is 1. The van der Waals surface area contributed by atoms with Gasteiger partial charge in [0, 0.05) is 23.3 Å². The third-order valence-corrected chi connectivity index (χ3v) is 4.05. The maximum atomic E-state index is 13.1. The third kappa shape index (κ3) is 4.39. The molecule has 0 spiro atoms. The van der Waals surface area contributed by atoms with Gasteiger partial charge in [-0.3, -0.25) is 0 Å². The first-order valence-corrected chi connectivity index (χ1v) is 8.09. The Kier molecular flexibility index (Phi) is 5.91. The molecule has 2 unspecified atom stereocenters. The van der Waals surface area contributed by atoms with E-state index in [1.807, 2.05) is 17.8 Å². The van der Waals surface area contributed by atoms with Crippen LogP contribution in [0.5, 0.6) is 0 Å². The molecule has 2 N–H and O–H groups in total. The van der Waals surface area contributed by atoms with Gasteiger partial charge in [0.15, 0.2) is 0 Å². The van der Waals surface area contributed by atoms with E-state index >= 15 is 0 Å². The molecule has 2 atom stereocenters. The summed E-state index contributed by atoms with van der Waals surface area (Å²) in [6, 6.07) is 6.45. The van der Waals surface area contributed by atoms with Crippen LogP contribution >= 0.6 is 0 Å². The second-order valence-electron chi connectivity index (χ2n) is 6.47. The molecule has 1 aromatic carbocycles. The minimum absolute atomic E-state index is 0.0681. The van der Waals surface area contributed by atoms with Gasteiger partial charge in [0.2, 0.25) is 0 Å². The number of benzene rings is 1. The zero-order valence-electron chi connectivity index (χ0n) is 14.3. The van der Waals surface area contributed by atoms with E-state index in [0.717, 1.165) is 23.4 Å². The summed E-state index contributed by atoms with van der Waals surface area (Å²) in [4.78, 5) is 0. The number of halogens is 1. The Morgan fingerprint density at radius 2 is 1.87 bits per heavy atom. The minimum Gasteiger partial charge on any atom is -0.395 e. The fraction of sp³-hybridized carbons (Fsp3) is 0.500. The maximum absolute atomic E-state index is 13.1. The first-order chi connectivity index (χ1) is 10.9. The van der Waals surface area contributed by atoms with Crippen molar-refractivity contribution in [2.24, 2.45) is 5.92 Å². The van der Waals surface area contributed by atoms with Crippen LogP contribution in [0.3, 0.4) is 0 Å². The third-order valence-electron chi connectivity index (χ3n) is 4.05. The second-order valence-corrected chi connectivity index (χ2v) is 6.47. The van der Waals surface area contributed by atoms with Crippen LogP contribution in [-0.4, -0.2) is 27.5 Å². The Morgan fingerprint density at radius 3 is 2.43 bits per heavy atom. The lowest BCUT2D eigenvalue weighted by Crippen LogP contribution is -2.35. The largest absolute Gasteiger partial charge is 0.395 e. The van der Waals surface area contributed by atoms with E-state index in [2.05, 4.69) is 31.2 Å². The SMILES string of the molecule is Cc1c(C(C)NC(CO)CC(C)C)cnn1-c1ccc(F)cc1. The predicted molar refractivity (Wildman–Crippen MR) is 90.1 cm³/mol. The van der Waals surface area contributed by atoms with Gasteiger partial charge in [-0.25, -0.2) is 9.07 Å². The highest BCUT2D eigenvalue weighted by Crippen LogP contribution is 2.21. The van der Waals surface area contributed by atoms with Crippen molar-refractivity contribution in [2.45, 2.75) is 46.2 Å². The molecule has 0 radical (unpaired) electrons. The highest BCUT2D eigenvalue weighted by atomic mass is 19.1. The van der Waals surface area contributed by atoms with Gasteiger partial charge in [0.25, 0.3) is 0 Å². The Labute approximate surface area is 137 Å². The van der Waals surface area contributed by atoms with E-state index in [-0.39, 0.29) is 24.5 Å². The van der Waals surface area contributed by atoms with Gasteiger partial charge in [0.1, 0.15) is 5.82 Å². The Morgan fingerprint density at radius 1 is 1.22 bits per heavy atom. The van der Waals surface area contributed by atoms with Crippen LogP contribution in [-0.2, 0) is 0 Å². The molecule has 5 heteroatoms. The van der Waals surface area contributed by atoms with E-state index in [9.17, 15) is 9.50 Å². The highest BCUT2D eigenvalue weighted by molar-refractivity contribution is 5.35. The van der Waals surface area contributed by atoms with E-state index in [0.29, 0.717) is 5.92 Å². The maximum Gasteiger partial charge on any atom is 0.123 e. The molecule has 0 amide bonds. The predicted octanol–water partition coefficient (Wildman–Crippen LogP) is 3.38. The lowest BCUT2D eigenvalue weighted by molar-refractivity contribution is 0.215. The summed E-state index contributed by atoms with van der Waals surface area (Å²) in [7, 11) is 0. The average molecular weight is 319 g/mol. The molecular weight excluding hydrogens is 293 g/mol. The van der Waals surface area contributed by atoms with Crippen LogP contribution in [0.1, 0.15) is 44.5 Å². The number of nitrogens with one attached hydrogen (secondary N) is 1. The van der Waals surface area contributed by atoms with Gasteiger partial charge in [-0.1, -0.05) is 13.8 Å². The molecular formula is C18H26FN3O. The van der Waals surface area contributed by atoms with Gasteiger partial charge in [0.05, 0.1) is 18.5 Å². The minimum atomic E-state index is -0.256. The number of hydrogen-bond donors (Lipinski definition) is 2. The Balaban J connectivity index is 2.16. The Hall–Kier alpha value is -1.72. The van der Waals surface area contributed by atoms with Crippen molar-refractivity contribution in [2.75, 3.05) is 6.61 Å². The van der Waals surface area contributed by atoms with Crippen molar-refractivity contribution in [3.63, 3.8) is 0 Å². The molecule has 126 valence electrons. The zero-order valence-corrected chi connectivity index (χ0v) is 14.3. The molecule has 4 nitrogen and oxygen atoms in total. The lowest BCUT2D eigenvalue weighted by Gasteiger charge is -2.23. The molecule has 2 aromatic rings. The van der Waals surface area contributed by atoms with Crippen LogP contribution in [0.15, 0.2) is 30.5 Å². The number of aliphatic hydroxyl groups is 1. The number of aromatic nitrogens is 2. The van der Waals surface area contributed by atoms with Crippen LogP contribution < -0.4 is 5.32 Å². The fourth-order valence-corrected chi connectivity index (χ4v) is 2.90.